The van der Waals surface area contributed by atoms with Crippen LogP contribution in [0.3, 0.4) is 0 Å². The number of rotatable bonds is 3. The van der Waals surface area contributed by atoms with Gasteiger partial charge in [-0.15, -0.1) is 0 Å². The second kappa shape index (κ2) is 15.8. The summed E-state index contributed by atoms with van der Waals surface area (Å²) in [6, 6.07) is 0. The van der Waals surface area contributed by atoms with Gasteiger partial charge in [-0.25, -0.2) is 0 Å². The maximum Gasteiger partial charge on any atom is 0.451 e. The van der Waals surface area contributed by atoms with Gasteiger partial charge >= 0.3 is 7.12 Å². The lowest BCUT2D eigenvalue weighted by Gasteiger charge is -1.91. The summed E-state index contributed by atoms with van der Waals surface area (Å²) in [7, 11) is -1.10. The Balaban J connectivity index is -0.000000155. The van der Waals surface area contributed by atoms with Crippen LogP contribution in [0.4, 0.5) is 0 Å². The third kappa shape index (κ3) is 152. The normalized spacial score (nSPS) is 7.40. The summed E-state index contributed by atoms with van der Waals surface area (Å²) in [6.07, 6.45) is 2.44. The summed E-state index contributed by atoms with van der Waals surface area (Å²) in [5.74, 6) is 0. The van der Waals surface area contributed by atoms with E-state index in [1.807, 2.05) is 6.92 Å². The molecule has 0 atom stereocenters. The van der Waals surface area contributed by atoms with E-state index in [2.05, 4.69) is 47.4 Å². The van der Waals surface area contributed by atoms with Gasteiger partial charge in [0.1, 0.15) is 0 Å². The zero-order chi connectivity index (χ0) is 12.9. The molecule has 0 bridgehead atoms. The average molecular weight is 254 g/mol. The van der Waals surface area contributed by atoms with E-state index in [0.29, 0.717) is 6.32 Å². The first-order chi connectivity index (χ1) is 6.73. The van der Waals surface area contributed by atoms with Gasteiger partial charge < -0.3 is 33.0 Å². The molecule has 0 fully saturated rings. The summed E-state index contributed by atoms with van der Waals surface area (Å²) in [5.41, 5.74) is 18.5. The molecule has 0 aromatic rings. The standard InChI is InChI=1S/C4H11BO2.2CH4N2S/c1-2-3-4-5(6)7;2*2-1(3)4/h6-7H,2-4H2,1H3;2*(H4,2,3,4). The Morgan fingerprint density at radius 1 is 1.07 bits per heavy atom. The Labute approximate surface area is 101 Å². The topological polar surface area (TPSA) is 145 Å². The van der Waals surface area contributed by atoms with Gasteiger partial charge in [-0.1, -0.05) is 19.8 Å². The molecule has 10 N–H and O–H groups in total. The molecule has 0 saturated heterocycles. The zero-order valence-electron chi connectivity index (χ0n) is 8.72. The molecule has 0 aromatic heterocycles. The Kier molecular flexibility index (Phi) is 21.0. The predicted octanol–water partition coefficient (Wildman–Crippen LogP) is -1.36. The summed E-state index contributed by atoms with van der Waals surface area (Å²) in [5, 5.41) is 16.5. The van der Waals surface area contributed by atoms with E-state index in [1.165, 1.54) is 0 Å². The van der Waals surface area contributed by atoms with Crippen molar-refractivity contribution in [2.24, 2.45) is 22.9 Å². The van der Waals surface area contributed by atoms with Gasteiger partial charge in [0.25, 0.3) is 0 Å². The molecule has 6 nitrogen and oxygen atoms in total. The highest BCUT2D eigenvalue weighted by Crippen LogP contribution is 1.94. The second-order valence-electron chi connectivity index (χ2n) is 2.43. The molecule has 0 heterocycles. The van der Waals surface area contributed by atoms with Gasteiger partial charge in [0.15, 0.2) is 10.2 Å². The van der Waals surface area contributed by atoms with Crippen molar-refractivity contribution in [3.8, 4) is 0 Å². The first kappa shape index (κ1) is 19.9. The van der Waals surface area contributed by atoms with Crippen LogP contribution in [0.25, 0.3) is 0 Å². The summed E-state index contributed by atoms with van der Waals surface area (Å²) >= 11 is 8.19. The fourth-order valence-electron chi connectivity index (χ4n) is 0.387. The minimum Gasteiger partial charge on any atom is -0.427 e. The van der Waals surface area contributed by atoms with E-state index in [9.17, 15) is 0 Å². The van der Waals surface area contributed by atoms with Gasteiger partial charge in [-0.3, -0.25) is 0 Å². The SMILES string of the molecule is CCCCB(O)O.NC(N)=S.NC(N)=S. The minimum atomic E-state index is -1.10. The van der Waals surface area contributed by atoms with Crippen molar-refractivity contribution in [3.05, 3.63) is 0 Å². The van der Waals surface area contributed by atoms with E-state index < -0.39 is 7.12 Å². The Morgan fingerprint density at radius 3 is 1.40 bits per heavy atom. The molecule has 0 aliphatic carbocycles. The summed E-state index contributed by atoms with van der Waals surface area (Å²) in [6.45, 7) is 2.02. The van der Waals surface area contributed by atoms with Crippen LogP contribution in [0, 0.1) is 0 Å². The zero-order valence-corrected chi connectivity index (χ0v) is 10.4. The third-order valence-electron chi connectivity index (χ3n) is 0.816. The molecular formula is C6H19BN4O2S2. The van der Waals surface area contributed by atoms with Crippen molar-refractivity contribution in [2.45, 2.75) is 26.1 Å². The quantitative estimate of drug-likeness (QED) is 0.267. The Hall–Kier alpha value is -0.635. The van der Waals surface area contributed by atoms with E-state index >= 15 is 0 Å². The molecule has 0 aromatic carbocycles. The molecule has 0 radical (unpaired) electrons. The molecule has 0 rings (SSSR count). The van der Waals surface area contributed by atoms with Crippen molar-refractivity contribution >= 4 is 41.8 Å². The van der Waals surface area contributed by atoms with Crippen LogP contribution >= 0.6 is 24.4 Å². The highest BCUT2D eigenvalue weighted by Gasteiger charge is 2.02. The molecule has 90 valence electrons. The number of unbranched alkanes of at least 4 members (excludes halogenated alkanes) is 1. The number of thiocarbonyl (C=S) groups is 2. The maximum absolute atomic E-state index is 8.24. The number of nitrogens with two attached hydrogens (primary N) is 4. The smallest absolute Gasteiger partial charge is 0.427 e. The number of hydrogen-bond donors (Lipinski definition) is 6. The molecule has 15 heavy (non-hydrogen) atoms. The van der Waals surface area contributed by atoms with Gasteiger partial charge in [0.05, 0.1) is 0 Å². The number of hydrogen-bond acceptors (Lipinski definition) is 4. The van der Waals surface area contributed by atoms with Gasteiger partial charge in [0.2, 0.25) is 0 Å². The first-order valence-electron chi connectivity index (χ1n) is 4.19. The van der Waals surface area contributed by atoms with Crippen LogP contribution in [0.2, 0.25) is 6.32 Å². The highest BCUT2D eigenvalue weighted by atomic mass is 32.1. The summed E-state index contributed by atoms with van der Waals surface area (Å²) in [4.78, 5) is 0. The van der Waals surface area contributed by atoms with E-state index in [0.717, 1.165) is 12.8 Å². The van der Waals surface area contributed by atoms with E-state index in [-0.39, 0.29) is 10.2 Å². The lowest BCUT2D eigenvalue weighted by Crippen LogP contribution is -2.18. The van der Waals surface area contributed by atoms with Crippen LogP contribution in [0.15, 0.2) is 0 Å². The molecule has 0 aliphatic heterocycles. The fourth-order valence-corrected chi connectivity index (χ4v) is 0.387. The fraction of sp³-hybridized carbons (Fsp3) is 0.667. The second-order valence-corrected chi connectivity index (χ2v) is 3.37. The molecule has 0 aliphatic rings. The molecule has 0 saturated carbocycles. The largest absolute Gasteiger partial charge is 0.451 e. The van der Waals surface area contributed by atoms with Crippen molar-refractivity contribution in [3.63, 3.8) is 0 Å². The average Bonchev–Trinajstić information content (AvgIpc) is 1.98. The first-order valence-corrected chi connectivity index (χ1v) is 5.01. The van der Waals surface area contributed by atoms with Gasteiger partial charge in [-0.2, -0.15) is 0 Å². The molecule has 0 unspecified atom stereocenters. The van der Waals surface area contributed by atoms with Gasteiger partial charge in [0, 0.05) is 0 Å². The van der Waals surface area contributed by atoms with Crippen molar-refractivity contribution in [1.82, 2.24) is 0 Å². The van der Waals surface area contributed by atoms with Crippen LogP contribution in [-0.4, -0.2) is 27.4 Å². The van der Waals surface area contributed by atoms with Crippen LogP contribution in [0.1, 0.15) is 19.8 Å². The van der Waals surface area contributed by atoms with Crippen LogP contribution < -0.4 is 22.9 Å². The van der Waals surface area contributed by atoms with E-state index in [1.54, 1.807) is 0 Å². The monoisotopic (exact) mass is 254 g/mol. The van der Waals surface area contributed by atoms with Crippen molar-refractivity contribution in [1.29, 1.82) is 0 Å². The van der Waals surface area contributed by atoms with Crippen molar-refractivity contribution < 1.29 is 10.0 Å². The van der Waals surface area contributed by atoms with Gasteiger partial charge in [-0.05, 0) is 30.8 Å². The third-order valence-corrected chi connectivity index (χ3v) is 0.816. The Morgan fingerprint density at radius 2 is 1.33 bits per heavy atom. The molecule has 0 spiro atoms. The van der Waals surface area contributed by atoms with E-state index in [4.69, 9.17) is 10.0 Å². The van der Waals surface area contributed by atoms with Crippen LogP contribution in [-0.2, 0) is 0 Å². The maximum atomic E-state index is 8.24. The Bertz CT molecular complexity index is 151. The molecular weight excluding hydrogens is 235 g/mol. The summed E-state index contributed by atoms with van der Waals surface area (Å²) < 4.78 is 0. The van der Waals surface area contributed by atoms with Crippen LogP contribution in [0.5, 0.6) is 0 Å². The van der Waals surface area contributed by atoms with Crippen molar-refractivity contribution in [2.75, 3.05) is 0 Å². The molecule has 9 heteroatoms. The molecule has 0 amide bonds. The lowest BCUT2D eigenvalue weighted by molar-refractivity contribution is 0.403. The highest BCUT2D eigenvalue weighted by molar-refractivity contribution is 7.80. The lowest BCUT2D eigenvalue weighted by atomic mass is 9.84. The predicted molar refractivity (Wildman–Crippen MR) is 71.9 cm³/mol. The minimum absolute atomic E-state index is 0.000000000000000222.